The first-order chi connectivity index (χ1) is 10.3. The highest BCUT2D eigenvalue weighted by molar-refractivity contribution is 7.91. The lowest BCUT2D eigenvalue weighted by Crippen LogP contribution is -2.40. The van der Waals surface area contributed by atoms with Gasteiger partial charge in [-0.2, -0.15) is 0 Å². The van der Waals surface area contributed by atoms with E-state index in [0.717, 1.165) is 5.56 Å². The molecule has 1 aliphatic heterocycles. The van der Waals surface area contributed by atoms with Gasteiger partial charge >= 0.3 is 5.97 Å². The molecule has 2 rings (SSSR count). The van der Waals surface area contributed by atoms with Gasteiger partial charge in [0.2, 0.25) is 5.91 Å². The third-order valence-corrected chi connectivity index (χ3v) is 5.55. The lowest BCUT2D eigenvalue weighted by Gasteiger charge is -2.21. The van der Waals surface area contributed by atoms with Gasteiger partial charge < -0.3 is 10.0 Å². The minimum Gasteiger partial charge on any atom is -0.480 e. The molecule has 1 fully saturated rings. The number of nitrogens with zero attached hydrogens (tertiary/aromatic N) is 1. The Labute approximate surface area is 129 Å². The maximum absolute atomic E-state index is 12.2. The molecular formula is C15H19NO5S. The number of amides is 1. The largest absolute Gasteiger partial charge is 0.480 e. The van der Waals surface area contributed by atoms with Crippen molar-refractivity contribution in [2.45, 2.75) is 37.1 Å². The van der Waals surface area contributed by atoms with Crippen molar-refractivity contribution >= 4 is 21.7 Å². The van der Waals surface area contributed by atoms with Crippen molar-refractivity contribution in [1.82, 2.24) is 4.90 Å². The summed E-state index contributed by atoms with van der Waals surface area (Å²) in [7, 11) is -3.53. The highest BCUT2D eigenvalue weighted by Crippen LogP contribution is 2.19. The van der Waals surface area contributed by atoms with Gasteiger partial charge in [-0.3, -0.25) is 4.79 Å². The zero-order valence-electron chi connectivity index (χ0n) is 12.4. The van der Waals surface area contributed by atoms with Crippen LogP contribution in [0.5, 0.6) is 0 Å². The van der Waals surface area contributed by atoms with E-state index in [1.54, 1.807) is 12.1 Å². The number of likely N-dealkylation sites (tertiary alicyclic amines) is 1. The second kappa shape index (κ2) is 6.48. The van der Waals surface area contributed by atoms with Crippen LogP contribution in [0.1, 0.15) is 24.8 Å². The standard InChI is InChI=1S/C15H19NO5S/c1-11-4-6-12(7-5-11)22(20,21)10-8-14(17)16-9-2-3-13(16)15(18)19/h4-7,13H,2-3,8-10H2,1H3,(H,18,19)/t13-/m0/s1. The maximum atomic E-state index is 12.2. The highest BCUT2D eigenvalue weighted by Gasteiger charge is 2.34. The number of sulfone groups is 1. The lowest BCUT2D eigenvalue weighted by atomic mass is 10.2. The number of hydrogen-bond acceptors (Lipinski definition) is 4. The van der Waals surface area contributed by atoms with Crippen LogP contribution in [0.25, 0.3) is 0 Å². The van der Waals surface area contributed by atoms with Crippen molar-refractivity contribution in [1.29, 1.82) is 0 Å². The molecule has 0 saturated carbocycles. The van der Waals surface area contributed by atoms with Crippen LogP contribution in [-0.4, -0.2) is 48.6 Å². The van der Waals surface area contributed by atoms with Gasteiger partial charge in [0.15, 0.2) is 9.84 Å². The molecular weight excluding hydrogens is 306 g/mol. The van der Waals surface area contributed by atoms with Crippen LogP contribution < -0.4 is 0 Å². The van der Waals surface area contributed by atoms with E-state index in [1.807, 2.05) is 6.92 Å². The Bertz CT molecular complexity index is 666. The zero-order chi connectivity index (χ0) is 16.3. The molecule has 0 aromatic heterocycles. The molecule has 1 N–H and O–H groups in total. The first-order valence-electron chi connectivity index (χ1n) is 7.13. The SMILES string of the molecule is Cc1ccc(S(=O)(=O)CCC(=O)N2CCC[C@H]2C(=O)O)cc1. The summed E-state index contributed by atoms with van der Waals surface area (Å²) in [4.78, 5) is 24.6. The van der Waals surface area contributed by atoms with E-state index >= 15 is 0 Å². The lowest BCUT2D eigenvalue weighted by molar-refractivity contribution is -0.148. The van der Waals surface area contributed by atoms with Crippen molar-refractivity contribution in [2.24, 2.45) is 0 Å². The van der Waals surface area contributed by atoms with E-state index in [0.29, 0.717) is 19.4 Å². The molecule has 6 nitrogen and oxygen atoms in total. The molecule has 1 aliphatic rings. The molecule has 1 aromatic rings. The number of carbonyl (C=O) groups is 2. The third-order valence-electron chi connectivity index (χ3n) is 3.82. The van der Waals surface area contributed by atoms with Crippen LogP contribution in [-0.2, 0) is 19.4 Å². The molecule has 1 aromatic carbocycles. The number of carboxylic acids is 1. The number of carbonyl (C=O) groups excluding carboxylic acids is 1. The van der Waals surface area contributed by atoms with E-state index in [9.17, 15) is 18.0 Å². The van der Waals surface area contributed by atoms with Crippen molar-refractivity contribution in [3.63, 3.8) is 0 Å². The Hall–Kier alpha value is -1.89. The first-order valence-corrected chi connectivity index (χ1v) is 8.78. The summed E-state index contributed by atoms with van der Waals surface area (Å²) in [5, 5.41) is 9.05. The summed E-state index contributed by atoms with van der Waals surface area (Å²) in [6.07, 6.45) is 0.860. The average molecular weight is 325 g/mol. The summed E-state index contributed by atoms with van der Waals surface area (Å²) in [5.74, 6) is -1.76. The normalized spacial score (nSPS) is 18.4. The first kappa shape index (κ1) is 16.5. The molecule has 0 spiro atoms. The van der Waals surface area contributed by atoms with Gasteiger partial charge in [0.05, 0.1) is 10.6 Å². The quantitative estimate of drug-likeness (QED) is 0.879. The van der Waals surface area contributed by atoms with Gasteiger partial charge in [0.25, 0.3) is 0 Å². The fourth-order valence-corrected chi connectivity index (χ4v) is 3.78. The van der Waals surface area contributed by atoms with E-state index in [1.165, 1.54) is 17.0 Å². The average Bonchev–Trinajstić information content (AvgIpc) is 2.95. The Morgan fingerprint density at radius 3 is 2.50 bits per heavy atom. The van der Waals surface area contributed by atoms with Crippen LogP contribution in [0.3, 0.4) is 0 Å². The van der Waals surface area contributed by atoms with Crippen LogP contribution in [0.2, 0.25) is 0 Å². The van der Waals surface area contributed by atoms with Gasteiger partial charge in [-0.25, -0.2) is 13.2 Å². The summed E-state index contributed by atoms with van der Waals surface area (Å²) in [6, 6.07) is 5.62. The number of rotatable bonds is 5. The fourth-order valence-electron chi connectivity index (χ4n) is 2.55. The molecule has 0 aliphatic carbocycles. The molecule has 1 saturated heterocycles. The Morgan fingerprint density at radius 1 is 1.27 bits per heavy atom. The van der Waals surface area contributed by atoms with Crippen molar-refractivity contribution < 1.29 is 23.1 Å². The molecule has 1 heterocycles. The smallest absolute Gasteiger partial charge is 0.326 e. The van der Waals surface area contributed by atoms with Gasteiger partial charge in [-0.1, -0.05) is 17.7 Å². The number of benzene rings is 1. The summed E-state index contributed by atoms with van der Waals surface area (Å²) >= 11 is 0. The molecule has 0 unspecified atom stereocenters. The van der Waals surface area contributed by atoms with Gasteiger partial charge in [-0.05, 0) is 31.9 Å². The number of carboxylic acid groups (broad SMARTS) is 1. The van der Waals surface area contributed by atoms with Crippen LogP contribution >= 0.6 is 0 Å². The topological polar surface area (TPSA) is 91.8 Å². The third kappa shape index (κ3) is 3.65. The summed E-state index contributed by atoms with van der Waals surface area (Å²) in [5.41, 5.74) is 0.955. The van der Waals surface area contributed by atoms with Crippen LogP contribution in [0.15, 0.2) is 29.2 Å². The summed E-state index contributed by atoms with van der Waals surface area (Å²) in [6.45, 7) is 2.24. The van der Waals surface area contributed by atoms with Gasteiger partial charge in [0, 0.05) is 13.0 Å². The zero-order valence-corrected chi connectivity index (χ0v) is 13.2. The van der Waals surface area contributed by atoms with E-state index in [2.05, 4.69) is 0 Å². The monoisotopic (exact) mass is 325 g/mol. The number of aliphatic carboxylic acids is 1. The Morgan fingerprint density at radius 2 is 1.91 bits per heavy atom. The summed E-state index contributed by atoms with van der Waals surface area (Å²) < 4.78 is 24.4. The van der Waals surface area contributed by atoms with Crippen molar-refractivity contribution in [3.8, 4) is 0 Å². The minimum absolute atomic E-state index is 0.183. The molecule has 22 heavy (non-hydrogen) atoms. The Kier molecular flexibility index (Phi) is 4.85. The van der Waals surface area contributed by atoms with Gasteiger partial charge in [0.1, 0.15) is 6.04 Å². The Balaban J connectivity index is 2.01. The van der Waals surface area contributed by atoms with E-state index in [4.69, 9.17) is 5.11 Å². The molecule has 1 amide bonds. The maximum Gasteiger partial charge on any atom is 0.326 e. The molecule has 120 valence electrons. The molecule has 0 bridgehead atoms. The fraction of sp³-hybridized carbons (Fsp3) is 0.467. The second-order valence-electron chi connectivity index (χ2n) is 5.47. The number of aryl methyl sites for hydroxylation is 1. The van der Waals surface area contributed by atoms with E-state index < -0.39 is 27.8 Å². The van der Waals surface area contributed by atoms with E-state index in [-0.39, 0.29) is 17.1 Å². The van der Waals surface area contributed by atoms with Crippen LogP contribution in [0.4, 0.5) is 0 Å². The van der Waals surface area contributed by atoms with Crippen molar-refractivity contribution in [3.05, 3.63) is 29.8 Å². The molecule has 7 heteroatoms. The van der Waals surface area contributed by atoms with Gasteiger partial charge in [-0.15, -0.1) is 0 Å². The predicted molar refractivity (Wildman–Crippen MR) is 80.2 cm³/mol. The number of hydrogen-bond donors (Lipinski definition) is 1. The highest BCUT2D eigenvalue weighted by atomic mass is 32.2. The van der Waals surface area contributed by atoms with Crippen LogP contribution in [0, 0.1) is 6.92 Å². The molecule has 0 radical (unpaired) electrons. The predicted octanol–water partition coefficient (Wildman–Crippen LogP) is 1.23. The van der Waals surface area contributed by atoms with Crippen molar-refractivity contribution in [2.75, 3.05) is 12.3 Å². The molecule has 1 atom stereocenters. The second-order valence-corrected chi connectivity index (χ2v) is 7.57. The minimum atomic E-state index is -3.53.